The SMILES string of the molecule is CC1CNCCC1NC(=O)C1(S(=O)(=O)c2ccc(Cl)cc2)CCCC1.Cl. The maximum absolute atomic E-state index is 13.3. The first-order chi connectivity index (χ1) is 11.9. The topological polar surface area (TPSA) is 75.3 Å². The molecule has 1 aromatic rings. The molecule has 5 nitrogen and oxygen atoms in total. The summed E-state index contributed by atoms with van der Waals surface area (Å²) in [4.78, 5) is 13.3. The number of carbonyl (C=O) groups excluding carboxylic acids is 1. The lowest BCUT2D eigenvalue weighted by Crippen LogP contribution is -2.56. The Morgan fingerprint density at radius 2 is 1.85 bits per heavy atom. The smallest absolute Gasteiger partial charge is 0.242 e. The molecule has 2 unspecified atom stereocenters. The second kappa shape index (κ2) is 8.46. The lowest BCUT2D eigenvalue weighted by atomic mass is 9.94. The molecule has 0 aromatic heterocycles. The highest BCUT2D eigenvalue weighted by molar-refractivity contribution is 7.93. The molecule has 2 N–H and O–H groups in total. The third-order valence-electron chi connectivity index (χ3n) is 5.57. The number of benzene rings is 1. The first-order valence-electron chi connectivity index (χ1n) is 8.89. The van der Waals surface area contributed by atoms with E-state index in [1.165, 1.54) is 12.1 Å². The van der Waals surface area contributed by atoms with Gasteiger partial charge in [0.15, 0.2) is 14.6 Å². The van der Waals surface area contributed by atoms with Crippen molar-refractivity contribution in [1.82, 2.24) is 10.6 Å². The number of hydrogen-bond acceptors (Lipinski definition) is 4. The fraction of sp³-hybridized carbons (Fsp3) is 0.611. The summed E-state index contributed by atoms with van der Waals surface area (Å²) in [5, 5.41) is 6.83. The maximum atomic E-state index is 13.3. The molecule has 0 spiro atoms. The second-order valence-corrected chi connectivity index (χ2v) is 9.90. The van der Waals surface area contributed by atoms with Gasteiger partial charge in [-0.25, -0.2) is 8.42 Å². The van der Waals surface area contributed by atoms with E-state index in [1.54, 1.807) is 12.1 Å². The Morgan fingerprint density at radius 1 is 1.23 bits per heavy atom. The second-order valence-electron chi connectivity index (χ2n) is 7.21. The van der Waals surface area contributed by atoms with Crippen LogP contribution in [0.5, 0.6) is 0 Å². The molecule has 146 valence electrons. The lowest BCUT2D eigenvalue weighted by molar-refractivity contribution is -0.124. The van der Waals surface area contributed by atoms with E-state index in [0.29, 0.717) is 17.9 Å². The van der Waals surface area contributed by atoms with E-state index < -0.39 is 14.6 Å². The zero-order valence-electron chi connectivity index (χ0n) is 14.8. The Morgan fingerprint density at radius 3 is 2.42 bits per heavy atom. The monoisotopic (exact) mass is 420 g/mol. The van der Waals surface area contributed by atoms with E-state index in [9.17, 15) is 13.2 Å². The van der Waals surface area contributed by atoms with E-state index in [1.807, 2.05) is 0 Å². The van der Waals surface area contributed by atoms with Crippen LogP contribution in [0.25, 0.3) is 0 Å². The van der Waals surface area contributed by atoms with Crippen LogP contribution in [-0.2, 0) is 14.6 Å². The van der Waals surface area contributed by atoms with Gasteiger partial charge in [0.05, 0.1) is 4.90 Å². The van der Waals surface area contributed by atoms with Crippen LogP contribution in [0.1, 0.15) is 39.0 Å². The Bertz CT molecular complexity index is 731. The van der Waals surface area contributed by atoms with Gasteiger partial charge in [0, 0.05) is 11.1 Å². The summed E-state index contributed by atoms with van der Waals surface area (Å²) >= 11 is 5.88. The molecule has 1 aliphatic heterocycles. The number of piperidine rings is 1. The van der Waals surface area contributed by atoms with Gasteiger partial charge in [0.25, 0.3) is 0 Å². The van der Waals surface area contributed by atoms with Gasteiger partial charge in [0.1, 0.15) is 0 Å². The van der Waals surface area contributed by atoms with E-state index in [2.05, 4.69) is 17.6 Å². The van der Waals surface area contributed by atoms with Crippen molar-refractivity contribution in [1.29, 1.82) is 0 Å². The molecule has 1 heterocycles. The summed E-state index contributed by atoms with van der Waals surface area (Å²) in [5.74, 6) is -0.0481. The highest BCUT2D eigenvalue weighted by Gasteiger charge is 2.53. The zero-order chi connectivity index (χ0) is 18.1. The Hall–Kier alpha value is -0.820. The number of amides is 1. The summed E-state index contributed by atoms with van der Waals surface area (Å²) in [7, 11) is -3.77. The molecule has 3 rings (SSSR count). The van der Waals surface area contributed by atoms with Gasteiger partial charge in [-0.2, -0.15) is 0 Å². The van der Waals surface area contributed by atoms with Crippen molar-refractivity contribution in [2.75, 3.05) is 13.1 Å². The van der Waals surface area contributed by atoms with Gasteiger partial charge in [-0.15, -0.1) is 12.4 Å². The van der Waals surface area contributed by atoms with Crippen LogP contribution in [-0.4, -0.2) is 38.2 Å². The molecule has 1 aliphatic carbocycles. The Balaban J connectivity index is 0.00000243. The van der Waals surface area contributed by atoms with Crippen molar-refractivity contribution in [2.24, 2.45) is 5.92 Å². The largest absolute Gasteiger partial charge is 0.352 e. The van der Waals surface area contributed by atoms with Gasteiger partial charge in [0.2, 0.25) is 5.91 Å². The van der Waals surface area contributed by atoms with E-state index in [0.717, 1.165) is 32.4 Å². The van der Waals surface area contributed by atoms with Gasteiger partial charge >= 0.3 is 0 Å². The van der Waals surface area contributed by atoms with Crippen molar-refractivity contribution >= 4 is 39.8 Å². The number of sulfone groups is 1. The average molecular weight is 421 g/mol. The fourth-order valence-corrected chi connectivity index (χ4v) is 6.13. The molecule has 1 saturated carbocycles. The van der Waals surface area contributed by atoms with Crippen molar-refractivity contribution in [3.8, 4) is 0 Å². The van der Waals surface area contributed by atoms with Crippen LogP contribution >= 0.6 is 24.0 Å². The summed E-state index contributed by atoms with van der Waals surface area (Å²) in [6.45, 7) is 3.75. The molecule has 0 radical (unpaired) electrons. The summed E-state index contributed by atoms with van der Waals surface area (Å²) in [6, 6.07) is 6.14. The third kappa shape index (κ3) is 3.88. The summed E-state index contributed by atoms with van der Waals surface area (Å²) in [5.41, 5.74) is 0. The molecular weight excluding hydrogens is 395 g/mol. The van der Waals surface area contributed by atoms with Crippen LogP contribution in [0.2, 0.25) is 5.02 Å². The van der Waals surface area contributed by atoms with Gasteiger partial charge in [-0.05, 0) is 62.5 Å². The maximum Gasteiger partial charge on any atom is 0.242 e. The number of carbonyl (C=O) groups is 1. The molecule has 1 aromatic carbocycles. The molecule has 2 fully saturated rings. The quantitative estimate of drug-likeness (QED) is 0.784. The molecular formula is C18H26Cl2N2O3S. The minimum absolute atomic E-state index is 0. The van der Waals surface area contributed by atoms with Crippen molar-refractivity contribution in [3.05, 3.63) is 29.3 Å². The number of rotatable bonds is 4. The van der Waals surface area contributed by atoms with Gasteiger partial charge < -0.3 is 10.6 Å². The molecule has 8 heteroatoms. The normalized spacial score (nSPS) is 25.3. The highest BCUT2D eigenvalue weighted by atomic mass is 35.5. The number of nitrogens with one attached hydrogen (secondary N) is 2. The summed E-state index contributed by atoms with van der Waals surface area (Å²) < 4.78 is 25.3. The van der Waals surface area contributed by atoms with Crippen LogP contribution in [0.4, 0.5) is 0 Å². The van der Waals surface area contributed by atoms with Crippen LogP contribution < -0.4 is 10.6 Å². The van der Waals surface area contributed by atoms with Crippen LogP contribution in [0, 0.1) is 5.92 Å². The van der Waals surface area contributed by atoms with Crippen molar-refractivity contribution < 1.29 is 13.2 Å². The Labute approximate surface area is 166 Å². The van der Waals surface area contributed by atoms with Gasteiger partial charge in [-0.3, -0.25) is 4.79 Å². The molecule has 2 aliphatic rings. The lowest BCUT2D eigenvalue weighted by Gasteiger charge is -2.34. The standard InChI is InChI=1S/C18H25ClN2O3S.ClH/c1-13-12-20-11-8-16(13)21-17(22)18(9-2-3-10-18)25(23,24)15-6-4-14(19)5-7-15;/h4-7,13,16,20H,2-3,8-12H2,1H3,(H,21,22);1H. The molecule has 2 atom stereocenters. The number of hydrogen-bond donors (Lipinski definition) is 2. The molecule has 26 heavy (non-hydrogen) atoms. The van der Waals surface area contributed by atoms with Crippen molar-refractivity contribution in [2.45, 2.75) is 54.7 Å². The number of halogens is 2. The third-order valence-corrected chi connectivity index (χ3v) is 8.33. The zero-order valence-corrected chi connectivity index (χ0v) is 17.2. The van der Waals surface area contributed by atoms with E-state index in [-0.39, 0.29) is 35.2 Å². The van der Waals surface area contributed by atoms with Crippen LogP contribution in [0.3, 0.4) is 0 Å². The minimum Gasteiger partial charge on any atom is -0.352 e. The molecule has 1 saturated heterocycles. The minimum atomic E-state index is -3.77. The molecule has 0 bridgehead atoms. The van der Waals surface area contributed by atoms with Gasteiger partial charge in [-0.1, -0.05) is 31.4 Å². The predicted octanol–water partition coefficient (Wildman–Crippen LogP) is 2.96. The fourth-order valence-electron chi connectivity index (χ4n) is 3.93. The van der Waals surface area contributed by atoms with Crippen LogP contribution in [0.15, 0.2) is 29.2 Å². The van der Waals surface area contributed by atoms with E-state index >= 15 is 0 Å². The summed E-state index contributed by atoms with van der Waals surface area (Å²) in [6.07, 6.45) is 3.08. The first-order valence-corrected chi connectivity index (χ1v) is 10.7. The first kappa shape index (κ1) is 21.5. The van der Waals surface area contributed by atoms with E-state index in [4.69, 9.17) is 11.6 Å². The van der Waals surface area contributed by atoms with Crippen molar-refractivity contribution in [3.63, 3.8) is 0 Å². The highest BCUT2D eigenvalue weighted by Crippen LogP contribution is 2.41. The average Bonchev–Trinajstić information content (AvgIpc) is 3.09. The molecule has 1 amide bonds. The predicted molar refractivity (Wildman–Crippen MR) is 106 cm³/mol. The Kier molecular flexibility index (Phi) is 6.99.